The molecule has 0 saturated carbocycles. The molecule has 0 N–H and O–H groups in total. The van der Waals surface area contributed by atoms with Crippen molar-refractivity contribution < 1.29 is 8.83 Å². The monoisotopic (exact) mass is 575 g/mol. The zero-order valence-corrected chi connectivity index (χ0v) is 24.2. The van der Waals surface area contributed by atoms with Crippen LogP contribution in [0.2, 0.25) is 0 Å². The Bertz CT molecular complexity index is 2710. The van der Waals surface area contributed by atoms with E-state index in [2.05, 4.69) is 144 Å². The van der Waals surface area contributed by atoms with E-state index in [4.69, 9.17) is 8.83 Å². The Morgan fingerprint density at radius 1 is 0.378 bits per heavy atom. The molecule has 3 aromatic heterocycles. The molecule has 45 heavy (non-hydrogen) atoms. The van der Waals surface area contributed by atoms with Gasteiger partial charge in [-0.3, -0.25) is 0 Å². The number of rotatable bonds is 3. The zero-order chi connectivity index (χ0) is 29.5. The van der Waals surface area contributed by atoms with Gasteiger partial charge < -0.3 is 13.4 Å². The fraction of sp³-hybridized carbons (Fsp3) is 0. The topological polar surface area (TPSA) is 31.2 Å². The maximum atomic E-state index is 7.06. The van der Waals surface area contributed by atoms with E-state index in [1.165, 1.54) is 10.8 Å². The average molecular weight is 576 g/mol. The van der Waals surface area contributed by atoms with Crippen LogP contribution in [-0.2, 0) is 0 Å². The van der Waals surface area contributed by atoms with Crippen LogP contribution in [0.25, 0.3) is 93.6 Å². The van der Waals surface area contributed by atoms with Crippen molar-refractivity contribution in [2.24, 2.45) is 0 Å². The van der Waals surface area contributed by atoms with Gasteiger partial charge in [0, 0.05) is 37.9 Å². The van der Waals surface area contributed by atoms with Gasteiger partial charge in [0.05, 0.1) is 16.7 Å². The number of fused-ring (bicyclic) bond motifs is 9. The van der Waals surface area contributed by atoms with E-state index in [1.54, 1.807) is 0 Å². The molecule has 0 radical (unpaired) electrons. The fourth-order valence-corrected chi connectivity index (χ4v) is 7.22. The van der Waals surface area contributed by atoms with Crippen LogP contribution in [0.5, 0.6) is 0 Å². The second kappa shape index (κ2) is 9.22. The number of aromatic nitrogens is 1. The number of benzene rings is 7. The number of furan rings is 2. The van der Waals surface area contributed by atoms with Crippen molar-refractivity contribution in [3.05, 3.63) is 152 Å². The lowest BCUT2D eigenvalue weighted by molar-refractivity contribution is 0.667. The van der Waals surface area contributed by atoms with Crippen LogP contribution < -0.4 is 0 Å². The lowest BCUT2D eigenvalue weighted by Crippen LogP contribution is -1.94. The van der Waals surface area contributed by atoms with E-state index in [1.807, 2.05) is 12.1 Å². The lowest BCUT2D eigenvalue weighted by atomic mass is 9.94. The lowest BCUT2D eigenvalue weighted by Gasteiger charge is -2.09. The molecule has 3 heteroatoms. The maximum Gasteiger partial charge on any atom is 0.159 e. The van der Waals surface area contributed by atoms with Gasteiger partial charge in [0.2, 0.25) is 0 Å². The van der Waals surface area contributed by atoms with Gasteiger partial charge in [0.15, 0.2) is 5.58 Å². The molecule has 0 aliphatic carbocycles. The van der Waals surface area contributed by atoms with Crippen molar-refractivity contribution >= 4 is 65.7 Å². The zero-order valence-electron chi connectivity index (χ0n) is 24.2. The van der Waals surface area contributed by atoms with Gasteiger partial charge in [-0.25, -0.2) is 0 Å². The Morgan fingerprint density at radius 3 is 1.82 bits per heavy atom. The molecule has 3 heterocycles. The summed E-state index contributed by atoms with van der Waals surface area (Å²) < 4.78 is 15.6. The third kappa shape index (κ3) is 3.46. The first-order valence-corrected chi connectivity index (χ1v) is 15.3. The molecule has 10 rings (SSSR count). The van der Waals surface area contributed by atoms with Crippen LogP contribution in [0.4, 0.5) is 0 Å². The summed E-state index contributed by atoms with van der Waals surface area (Å²) in [6.07, 6.45) is 0. The standard InChI is InChI=1S/C42H25NO2/c1-2-11-26(12-3-1)29-23-22-28(27-21-24-39-34(25-27)32-15-6-9-20-38(32)44-39)40-33-16-10-19-37(41(33)45-42(29)40)43-35-17-7-4-13-30(35)31-14-5-8-18-36(31)43/h1-25H. The third-order valence-electron chi connectivity index (χ3n) is 9.22. The van der Waals surface area contributed by atoms with Gasteiger partial charge in [-0.1, -0.05) is 109 Å². The van der Waals surface area contributed by atoms with Crippen molar-refractivity contribution in [3.63, 3.8) is 0 Å². The Balaban J connectivity index is 1.32. The number of nitrogens with zero attached hydrogens (tertiary/aromatic N) is 1. The Hall–Kier alpha value is -6.06. The molecule has 0 atom stereocenters. The predicted molar refractivity (Wildman–Crippen MR) is 186 cm³/mol. The summed E-state index contributed by atoms with van der Waals surface area (Å²) in [5, 5.41) is 6.90. The second-order valence-electron chi connectivity index (χ2n) is 11.7. The highest BCUT2D eigenvalue weighted by Crippen LogP contribution is 2.45. The summed E-state index contributed by atoms with van der Waals surface area (Å²) in [5.41, 5.74) is 11.4. The van der Waals surface area contributed by atoms with Gasteiger partial charge in [0.1, 0.15) is 16.7 Å². The summed E-state index contributed by atoms with van der Waals surface area (Å²) in [4.78, 5) is 0. The first kappa shape index (κ1) is 24.4. The Kier molecular flexibility index (Phi) is 5.00. The normalized spacial score (nSPS) is 12.0. The summed E-state index contributed by atoms with van der Waals surface area (Å²) >= 11 is 0. The average Bonchev–Trinajstić information content (AvgIpc) is 3.78. The molecule has 0 unspecified atom stereocenters. The molecular formula is C42H25NO2. The van der Waals surface area contributed by atoms with E-state index in [9.17, 15) is 0 Å². The summed E-state index contributed by atoms with van der Waals surface area (Å²) in [5.74, 6) is 0. The molecule has 10 aromatic rings. The van der Waals surface area contributed by atoms with Gasteiger partial charge in [-0.2, -0.15) is 0 Å². The fourth-order valence-electron chi connectivity index (χ4n) is 7.22. The van der Waals surface area contributed by atoms with Gasteiger partial charge in [-0.05, 0) is 59.2 Å². The van der Waals surface area contributed by atoms with Crippen molar-refractivity contribution in [3.8, 4) is 27.9 Å². The first-order valence-electron chi connectivity index (χ1n) is 15.3. The minimum absolute atomic E-state index is 0.874. The highest BCUT2D eigenvalue weighted by atomic mass is 16.3. The number of para-hydroxylation sites is 4. The van der Waals surface area contributed by atoms with Crippen molar-refractivity contribution in [2.75, 3.05) is 0 Å². The van der Waals surface area contributed by atoms with E-state index >= 15 is 0 Å². The molecule has 0 bridgehead atoms. The van der Waals surface area contributed by atoms with Crippen molar-refractivity contribution in [1.29, 1.82) is 0 Å². The Labute approximate surface area is 258 Å². The van der Waals surface area contributed by atoms with E-state index < -0.39 is 0 Å². The quantitative estimate of drug-likeness (QED) is 0.210. The van der Waals surface area contributed by atoms with Crippen LogP contribution in [-0.4, -0.2) is 4.57 Å². The smallest absolute Gasteiger partial charge is 0.159 e. The Morgan fingerprint density at radius 2 is 1.02 bits per heavy atom. The maximum absolute atomic E-state index is 7.06. The molecule has 0 saturated heterocycles. The predicted octanol–water partition coefficient (Wildman–Crippen LogP) is 11.9. The molecule has 0 spiro atoms. The molecule has 0 aliphatic heterocycles. The van der Waals surface area contributed by atoms with Crippen LogP contribution in [0.3, 0.4) is 0 Å². The minimum atomic E-state index is 0.874. The SMILES string of the molecule is c1ccc(-c2ccc(-c3ccc4oc5ccccc5c4c3)c3c2oc2c(-n4c5ccccc5c5ccccc54)cccc23)cc1. The van der Waals surface area contributed by atoms with Crippen LogP contribution >= 0.6 is 0 Å². The van der Waals surface area contributed by atoms with E-state index in [0.29, 0.717) is 0 Å². The number of hydrogen-bond donors (Lipinski definition) is 0. The van der Waals surface area contributed by atoms with Crippen molar-refractivity contribution in [2.45, 2.75) is 0 Å². The summed E-state index contributed by atoms with van der Waals surface area (Å²) in [7, 11) is 0. The van der Waals surface area contributed by atoms with Crippen LogP contribution in [0.15, 0.2) is 160 Å². The third-order valence-corrected chi connectivity index (χ3v) is 9.22. The summed E-state index contributed by atoms with van der Waals surface area (Å²) in [6, 6.07) is 53.5. The summed E-state index contributed by atoms with van der Waals surface area (Å²) in [6.45, 7) is 0. The number of hydrogen-bond acceptors (Lipinski definition) is 2. The molecule has 210 valence electrons. The largest absolute Gasteiger partial charge is 0.456 e. The van der Waals surface area contributed by atoms with Crippen LogP contribution in [0.1, 0.15) is 0 Å². The van der Waals surface area contributed by atoms with E-state index in [0.717, 1.165) is 82.9 Å². The van der Waals surface area contributed by atoms with Gasteiger partial charge in [0.25, 0.3) is 0 Å². The highest BCUT2D eigenvalue weighted by molar-refractivity contribution is 6.19. The van der Waals surface area contributed by atoms with Crippen molar-refractivity contribution in [1.82, 2.24) is 4.57 Å². The van der Waals surface area contributed by atoms with Gasteiger partial charge in [-0.15, -0.1) is 0 Å². The first-order chi connectivity index (χ1) is 22.3. The van der Waals surface area contributed by atoms with Crippen LogP contribution in [0, 0.1) is 0 Å². The molecule has 0 fully saturated rings. The molecule has 0 aliphatic rings. The highest BCUT2D eigenvalue weighted by Gasteiger charge is 2.22. The van der Waals surface area contributed by atoms with Gasteiger partial charge >= 0.3 is 0 Å². The molecule has 7 aromatic carbocycles. The second-order valence-corrected chi connectivity index (χ2v) is 11.7. The molecular weight excluding hydrogens is 550 g/mol. The van der Waals surface area contributed by atoms with E-state index in [-0.39, 0.29) is 0 Å². The minimum Gasteiger partial charge on any atom is -0.456 e. The molecule has 3 nitrogen and oxygen atoms in total. The molecule has 0 amide bonds.